The predicted octanol–water partition coefficient (Wildman–Crippen LogP) is 2.31. The fourth-order valence-electron chi connectivity index (χ4n) is 6.92. The van der Waals surface area contributed by atoms with Crippen LogP contribution in [0.25, 0.3) is 0 Å². The van der Waals surface area contributed by atoms with Gasteiger partial charge < -0.3 is 19.7 Å². The third kappa shape index (κ3) is 4.49. The van der Waals surface area contributed by atoms with Crippen molar-refractivity contribution in [3.8, 4) is 6.01 Å². The average molecular weight is 517 g/mol. The number of nitrogens with zero attached hydrogens (tertiary/aromatic N) is 5. The van der Waals surface area contributed by atoms with Crippen molar-refractivity contribution < 1.29 is 23.5 Å². The Morgan fingerprint density at radius 1 is 1.19 bits per heavy atom. The quantitative estimate of drug-likeness (QED) is 0.651. The van der Waals surface area contributed by atoms with Gasteiger partial charge in [0.25, 0.3) is 5.91 Å². The zero-order valence-electron chi connectivity index (χ0n) is 22.0. The minimum Gasteiger partial charge on any atom is -0.461 e. The monoisotopic (exact) mass is 516 g/mol. The van der Waals surface area contributed by atoms with Crippen molar-refractivity contribution in [3.63, 3.8) is 0 Å². The maximum Gasteiger partial charge on any atom is 0.410 e. The fourth-order valence-corrected chi connectivity index (χ4v) is 6.92. The molecule has 37 heavy (non-hydrogen) atoms. The van der Waals surface area contributed by atoms with Crippen molar-refractivity contribution in [1.29, 1.82) is 0 Å². The van der Waals surface area contributed by atoms with Crippen LogP contribution in [-0.2, 0) is 11.2 Å². The maximum absolute atomic E-state index is 14.2. The van der Waals surface area contributed by atoms with Crippen molar-refractivity contribution in [2.24, 2.45) is 0 Å². The van der Waals surface area contributed by atoms with Crippen LogP contribution in [0.1, 0.15) is 68.9 Å². The Kier molecular flexibility index (Phi) is 5.96. The number of piperazine rings is 1. The second kappa shape index (κ2) is 8.96. The van der Waals surface area contributed by atoms with Crippen LogP contribution in [0.15, 0.2) is 0 Å². The molecule has 0 unspecified atom stereocenters. The molecule has 2 bridgehead atoms. The highest BCUT2D eigenvalue weighted by Gasteiger charge is 2.50. The molecule has 11 heteroatoms. The van der Waals surface area contributed by atoms with Gasteiger partial charge in [-0.1, -0.05) is 0 Å². The molecule has 1 N–H and O–H groups in total. The Morgan fingerprint density at radius 3 is 2.68 bits per heavy atom. The number of amides is 2. The summed E-state index contributed by atoms with van der Waals surface area (Å²) in [6, 6.07) is 0.204. The van der Waals surface area contributed by atoms with Crippen LogP contribution in [0.3, 0.4) is 0 Å². The molecule has 202 valence electrons. The average Bonchev–Trinajstić information content (AvgIpc) is 3.44. The van der Waals surface area contributed by atoms with E-state index in [9.17, 15) is 14.0 Å². The van der Waals surface area contributed by atoms with Crippen molar-refractivity contribution in [2.45, 2.75) is 88.7 Å². The number of aromatic nitrogens is 2. The van der Waals surface area contributed by atoms with Gasteiger partial charge in [-0.05, 0) is 59.4 Å². The van der Waals surface area contributed by atoms with Crippen LogP contribution in [0, 0.1) is 0 Å². The number of carbonyl (C=O) groups is 2. The van der Waals surface area contributed by atoms with Gasteiger partial charge in [0, 0.05) is 38.2 Å². The number of hydrogen-bond acceptors (Lipinski definition) is 8. The summed E-state index contributed by atoms with van der Waals surface area (Å²) in [7, 11) is 0. The van der Waals surface area contributed by atoms with E-state index in [1.54, 1.807) is 0 Å². The second-order valence-electron chi connectivity index (χ2n) is 12.2. The molecule has 4 atom stereocenters. The summed E-state index contributed by atoms with van der Waals surface area (Å²) < 4.78 is 26.1. The van der Waals surface area contributed by atoms with Crippen LogP contribution in [-0.4, -0.2) is 100 Å². The molecular weight excluding hydrogens is 479 g/mol. The number of halogens is 1. The topological polar surface area (TPSA) is 100 Å². The van der Waals surface area contributed by atoms with Crippen molar-refractivity contribution in [1.82, 2.24) is 25.1 Å². The molecule has 6 heterocycles. The summed E-state index contributed by atoms with van der Waals surface area (Å²) in [6.07, 6.45) is 3.71. The van der Waals surface area contributed by atoms with Gasteiger partial charge in [0.1, 0.15) is 29.9 Å². The summed E-state index contributed by atoms with van der Waals surface area (Å²) in [5, 5.41) is 2.88. The lowest BCUT2D eigenvalue weighted by Gasteiger charge is -2.42. The summed E-state index contributed by atoms with van der Waals surface area (Å²) in [4.78, 5) is 41.3. The molecule has 0 saturated carbocycles. The molecule has 0 spiro atoms. The molecular formula is C26H37FN6O4. The van der Waals surface area contributed by atoms with Crippen LogP contribution >= 0.6 is 0 Å². The van der Waals surface area contributed by atoms with E-state index >= 15 is 0 Å². The molecule has 2 amide bonds. The van der Waals surface area contributed by atoms with E-state index in [4.69, 9.17) is 14.5 Å². The van der Waals surface area contributed by atoms with Gasteiger partial charge in [-0.25, -0.2) is 9.18 Å². The van der Waals surface area contributed by atoms with Crippen LogP contribution in [0.4, 0.5) is 15.0 Å². The third-order valence-corrected chi connectivity index (χ3v) is 8.46. The van der Waals surface area contributed by atoms with E-state index in [0.717, 1.165) is 37.8 Å². The minimum atomic E-state index is -0.841. The number of hydrogen-bond donors (Lipinski definition) is 1. The number of carbonyl (C=O) groups excluding carboxylic acids is 2. The summed E-state index contributed by atoms with van der Waals surface area (Å²) in [5.41, 5.74) is 0.309. The van der Waals surface area contributed by atoms with Crippen LogP contribution in [0.2, 0.25) is 0 Å². The van der Waals surface area contributed by atoms with E-state index in [1.807, 2.05) is 25.7 Å². The van der Waals surface area contributed by atoms with Gasteiger partial charge in [0.05, 0.1) is 17.6 Å². The zero-order valence-corrected chi connectivity index (χ0v) is 22.0. The summed E-state index contributed by atoms with van der Waals surface area (Å²) in [5.74, 6) is 0.488. The standard InChI is InChI=1S/C26H37FN6O4/c1-25(2,3)37-24(35)33-17-5-6-18(33)14-31(13-17)21-19-7-9-28-22(34)20(19)29-23(30-21)36-15-26-8-4-10-32(26)12-16(27)11-26/h16-18H,4-15H2,1-3H3,(H,28,34)/t16-,17-,18+,26+/m1/s1. The third-order valence-electron chi connectivity index (χ3n) is 8.46. The van der Waals surface area contributed by atoms with Gasteiger partial charge in [-0.15, -0.1) is 0 Å². The maximum atomic E-state index is 14.2. The van der Waals surface area contributed by atoms with Crippen molar-refractivity contribution in [3.05, 3.63) is 11.3 Å². The fraction of sp³-hybridized carbons (Fsp3) is 0.769. The molecule has 1 aromatic heterocycles. The Bertz CT molecular complexity index is 1080. The first kappa shape index (κ1) is 24.6. The SMILES string of the molecule is CC(C)(C)OC(=O)N1[C@@H]2CC[C@H]1CN(c1nc(OC[C@@]34CCCN3C[C@H](F)C4)nc3c1CCNC3=O)C2. The van der Waals surface area contributed by atoms with E-state index < -0.39 is 11.8 Å². The Hall–Kier alpha value is -2.69. The van der Waals surface area contributed by atoms with Gasteiger partial charge in [0.15, 0.2) is 0 Å². The first-order chi connectivity index (χ1) is 17.6. The first-order valence-electron chi connectivity index (χ1n) is 13.6. The summed E-state index contributed by atoms with van der Waals surface area (Å²) in [6.45, 7) is 9.04. The molecule has 0 aliphatic carbocycles. The molecule has 5 aliphatic heterocycles. The van der Waals surface area contributed by atoms with Crippen molar-refractivity contribution >= 4 is 17.8 Å². The van der Waals surface area contributed by atoms with E-state index in [1.165, 1.54) is 0 Å². The Labute approximate surface area is 216 Å². The Morgan fingerprint density at radius 2 is 1.95 bits per heavy atom. The van der Waals surface area contributed by atoms with Crippen LogP contribution in [0.5, 0.6) is 6.01 Å². The van der Waals surface area contributed by atoms with Crippen molar-refractivity contribution in [2.75, 3.05) is 44.2 Å². The largest absolute Gasteiger partial charge is 0.461 e. The zero-order chi connectivity index (χ0) is 25.9. The number of alkyl halides is 1. The smallest absolute Gasteiger partial charge is 0.410 e. The molecule has 6 rings (SSSR count). The van der Waals surface area contributed by atoms with Gasteiger partial charge in [0.2, 0.25) is 0 Å². The lowest BCUT2D eigenvalue weighted by Crippen LogP contribution is -2.57. The molecule has 0 radical (unpaired) electrons. The van der Waals surface area contributed by atoms with Gasteiger partial charge in [-0.2, -0.15) is 9.97 Å². The summed E-state index contributed by atoms with van der Waals surface area (Å²) >= 11 is 0. The number of ether oxygens (including phenoxy) is 2. The van der Waals surface area contributed by atoms with E-state index in [2.05, 4.69) is 20.1 Å². The minimum absolute atomic E-state index is 0.0203. The highest BCUT2D eigenvalue weighted by molar-refractivity contribution is 5.96. The van der Waals surface area contributed by atoms with Gasteiger partial charge >= 0.3 is 12.1 Å². The second-order valence-corrected chi connectivity index (χ2v) is 12.2. The van der Waals surface area contributed by atoms with Crippen LogP contribution < -0.4 is 15.0 Å². The lowest BCUT2D eigenvalue weighted by atomic mass is 9.95. The highest BCUT2D eigenvalue weighted by Crippen LogP contribution is 2.41. The number of nitrogens with one attached hydrogen (secondary N) is 1. The lowest BCUT2D eigenvalue weighted by molar-refractivity contribution is 0.0122. The molecule has 4 saturated heterocycles. The normalized spacial score (nSPS) is 31.2. The first-order valence-corrected chi connectivity index (χ1v) is 13.6. The van der Waals surface area contributed by atoms with E-state index in [0.29, 0.717) is 57.1 Å². The Balaban J connectivity index is 1.25. The highest BCUT2D eigenvalue weighted by atomic mass is 19.1. The number of rotatable bonds is 4. The molecule has 4 fully saturated rings. The molecule has 0 aromatic carbocycles. The number of fused-ring (bicyclic) bond motifs is 4. The van der Waals surface area contributed by atoms with Gasteiger partial charge in [-0.3, -0.25) is 14.6 Å². The molecule has 5 aliphatic rings. The number of anilines is 1. The molecule has 10 nitrogen and oxygen atoms in total. The molecule has 1 aromatic rings. The van der Waals surface area contributed by atoms with E-state index in [-0.39, 0.29) is 35.6 Å². The predicted molar refractivity (Wildman–Crippen MR) is 134 cm³/mol.